The fraction of sp³-hybridized carbons (Fsp3) is 0.600. The summed E-state index contributed by atoms with van der Waals surface area (Å²) in [4.78, 5) is 18.2. The summed E-state index contributed by atoms with van der Waals surface area (Å²) >= 11 is 0. The highest BCUT2D eigenvalue weighted by atomic mass is 16.5. The second-order valence-electron chi connectivity index (χ2n) is 3.10. The van der Waals surface area contributed by atoms with Crippen LogP contribution in [0.15, 0.2) is 10.9 Å². The van der Waals surface area contributed by atoms with Crippen molar-refractivity contribution in [1.82, 2.24) is 15.3 Å². The van der Waals surface area contributed by atoms with Crippen molar-refractivity contribution in [1.29, 1.82) is 0 Å². The second-order valence-corrected chi connectivity index (χ2v) is 3.10. The van der Waals surface area contributed by atoms with Gasteiger partial charge in [0.1, 0.15) is 12.4 Å². The molecule has 0 aliphatic heterocycles. The molecule has 1 rings (SSSR count). The summed E-state index contributed by atoms with van der Waals surface area (Å²) in [5.74, 6) is 0.581. The molecule has 1 heterocycles. The molecule has 0 amide bonds. The van der Waals surface area contributed by atoms with Gasteiger partial charge in [-0.05, 0) is 13.5 Å². The van der Waals surface area contributed by atoms with E-state index >= 15 is 0 Å². The number of nitrogens with zero attached hydrogens (tertiary/aromatic N) is 1. The van der Waals surface area contributed by atoms with Crippen molar-refractivity contribution < 1.29 is 4.74 Å². The molecule has 0 saturated heterocycles. The number of aromatic amines is 1. The molecule has 0 bridgehead atoms. The van der Waals surface area contributed by atoms with Crippen LogP contribution in [0.1, 0.15) is 25.4 Å². The molecule has 5 heteroatoms. The zero-order valence-electron chi connectivity index (χ0n) is 9.17. The van der Waals surface area contributed by atoms with Crippen LogP contribution in [0, 0.1) is 0 Å². The minimum Gasteiger partial charge on any atom is -0.374 e. The molecule has 84 valence electrons. The van der Waals surface area contributed by atoms with E-state index in [1.807, 2.05) is 13.8 Å². The lowest BCUT2D eigenvalue weighted by Gasteiger charge is -2.04. The molecule has 0 aliphatic rings. The third kappa shape index (κ3) is 4.22. The molecule has 1 aromatic rings. The van der Waals surface area contributed by atoms with Crippen LogP contribution in [-0.4, -0.2) is 23.1 Å². The van der Waals surface area contributed by atoms with Gasteiger partial charge < -0.3 is 15.0 Å². The van der Waals surface area contributed by atoms with E-state index in [0.29, 0.717) is 25.6 Å². The summed E-state index contributed by atoms with van der Waals surface area (Å²) in [6.07, 6.45) is 0. The maximum Gasteiger partial charge on any atom is 0.251 e. The number of aromatic nitrogens is 2. The van der Waals surface area contributed by atoms with Crippen molar-refractivity contribution in [3.63, 3.8) is 0 Å². The van der Waals surface area contributed by atoms with Gasteiger partial charge in [0.25, 0.3) is 5.56 Å². The first-order valence-corrected chi connectivity index (χ1v) is 5.13. The predicted molar refractivity (Wildman–Crippen MR) is 57.6 cm³/mol. The Balaban J connectivity index is 2.71. The molecule has 0 fully saturated rings. The first kappa shape index (κ1) is 11.9. The van der Waals surface area contributed by atoms with Gasteiger partial charge in [-0.3, -0.25) is 4.79 Å². The van der Waals surface area contributed by atoms with Crippen LogP contribution in [0.25, 0.3) is 0 Å². The molecule has 1 aromatic heterocycles. The lowest BCUT2D eigenvalue weighted by atomic mass is 10.4. The molecule has 0 aliphatic carbocycles. The minimum atomic E-state index is -0.132. The number of hydrogen-bond donors (Lipinski definition) is 2. The van der Waals surface area contributed by atoms with Crippen molar-refractivity contribution in [2.24, 2.45) is 0 Å². The number of ether oxygens (including phenoxy) is 1. The van der Waals surface area contributed by atoms with Gasteiger partial charge in [-0.1, -0.05) is 6.92 Å². The average molecular weight is 211 g/mol. The molecule has 0 spiro atoms. The molecule has 0 radical (unpaired) electrons. The highest BCUT2D eigenvalue weighted by Gasteiger charge is 2.00. The Morgan fingerprint density at radius 1 is 1.53 bits per heavy atom. The van der Waals surface area contributed by atoms with Crippen LogP contribution < -0.4 is 10.9 Å². The SMILES string of the molecule is CCNCc1cc(=O)[nH]c(COCC)n1. The molecule has 0 unspecified atom stereocenters. The van der Waals surface area contributed by atoms with Crippen LogP contribution >= 0.6 is 0 Å². The van der Waals surface area contributed by atoms with Crippen molar-refractivity contribution in [2.45, 2.75) is 27.0 Å². The fourth-order valence-electron chi connectivity index (χ4n) is 1.17. The molecule has 0 saturated carbocycles. The summed E-state index contributed by atoms with van der Waals surface area (Å²) in [6.45, 7) is 6.34. The summed E-state index contributed by atoms with van der Waals surface area (Å²) in [5.41, 5.74) is 0.614. The third-order valence-corrected chi connectivity index (χ3v) is 1.84. The van der Waals surface area contributed by atoms with E-state index in [1.54, 1.807) is 0 Å². The van der Waals surface area contributed by atoms with E-state index in [-0.39, 0.29) is 5.56 Å². The summed E-state index contributed by atoms with van der Waals surface area (Å²) < 4.78 is 5.18. The molecule has 0 aromatic carbocycles. The van der Waals surface area contributed by atoms with E-state index < -0.39 is 0 Å². The smallest absolute Gasteiger partial charge is 0.251 e. The highest BCUT2D eigenvalue weighted by Crippen LogP contribution is 1.94. The van der Waals surface area contributed by atoms with Crippen molar-refractivity contribution >= 4 is 0 Å². The molecular weight excluding hydrogens is 194 g/mol. The van der Waals surface area contributed by atoms with E-state index in [9.17, 15) is 4.79 Å². The van der Waals surface area contributed by atoms with Gasteiger partial charge in [0, 0.05) is 19.2 Å². The van der Waals surface area contributed by atoms with Crippen molar-refractivity contribution in [2.75, 3.05) is 13.2 Å². The van der Waals surface area contributed by atoms with Gasteiger partial charge in [-0.2, -0.15) is 0 Å². The Labute approximate surface area is 88.9 Å². The molecule has 0 atom stereocenters. The standard InChI is InChI=1S/C10H17N3O2/c1-3-11-6-8-5-10(14)13-9(12-8)7-15-4-2/h5,11H,3-4,6-7H2,1-2H3,(H,12,13,14). The number of H-pyrrole nitrogens is 1. The van der Waals surface area contributed by atoms with Crippen LogP contribution in [-0.2, 0) is 17.9 Å². The van der Waals surface area contributed by atoms with Crippen LogP contribution in [0.4, 0.5) is 0 Å². The second kappa shape index (κ2) is 6.31. The molecule has 5 nitrogen and oxygen atoms in total. The van der Waals surface area contributed by atoms with Gasteiger partial charge in [0.05, 0.1) is 5.69 Å². The lowest BCUT2D eigenvalue weighted by molar-refractivity contribution is 0.128. The molecular formula is C10H17N3O2. The Bertz CT molecular complexity index is 320. The number of hydrogen-bond acceptors (Lipinski definition) is 4. The van der Waals surface area contributed by atoms with Gasteiger partial charge in [-0.25, -0.2) is 4.98 Å². The van der Waals surface area contributed by atoms with E-state index in [2.05, 4.69) is 15.3 Å². The minimum absolute atomic E-state index is 0.132. The maximum absolute atomic E-state index is 11.3. The molecule has 15 heavy (non-hydrogen) atoms. The van der Waals surface area contributed by atoms with Crippen LogP contribution in [0.5, 0.6) is 0 Å². The summed E-state index contributed by atoms with van der Waals surface area (Å²) in [6, 6.07) is 1.50. The van der Waals surface area contributed by atoms with Crippen molar-refractivity contribution in [3.05, 3.63) is 27.9 Å². The fourth-order valence-corrected chi connectivity index (χ4v) is 1.17. The maximum atomic E-state index is 11.3. The van der Waals surface area contributed by atoms with Crippen molar-refractivity contribution in [3.8, 4) is 0 Å². The van der Waals surface area contributed by atoms with E-state index in [0.717, 1.165) is 12.2 Å². The quantitative estimate of drug-likeness (QED) is 0.715. The lowest BCUT2D eigenvalue weighted by Crippen LogP contribution is -2.19. The molecule has 2 N–H and O–H groups in total. The van der Waals surface area contributed by atoms with E-state index in [1.165, 1.54) is 6.07 Å². The largest absolute Gasteiger partial charge is 0.374 e. The average Bonchev–Trinajstić information content (AvgIpc) is 2.23. The summed E-state index contributed by atoms with van der Waals surface area (Å²) in [5, 5.41) is 3.12. The van der Waals surface area contributed by atoms with Gasteiger partial charge in [0.15, 0.2) is 0 Å². The Morgan fingerprint density at radius 2 is 2.33 bits per heavy atom. The van der Waals surface area contributed by atoms with Gasteiger partial charge in [-0.15, -0.1) is 0 Å². The zero-order valence-corrected chi connectivity index (χ0v) is 9.17. The number of rotatable bonds is 6. The first-order valence-electron chi connectivity index (χ1n) is 5.13. The topological polar surface area (TPSA) is 67.0 Å². The van der Waals surface area contributed by atoms with Gasteiger partial charge >= 0.3 is 0 Å². The van der Waals surface area contributed by atoms with Crippen LogP contribution in [0.3, 0.4) is 0 Å². The normalized spacial score (nSPS) is 10.5. The Hall–Kier alpha value is -1.20. The van der Waals surface area contributed by atoms with Crippen LogP contribution in [0.2, 0.25) is 0 Å². The first-order chi connectivity index (χ1) is 7.26. The highest BCUT2D eigenvalue weighted by molar-refractivity contribution is 5.02. The van der Waals surface area contributed by atoms with E-state index in [4.69, 9.17) is 4.74 Å². The Morgan fingerprint density at radius 3 is 3.00 bits per heavy atom. The number of nitrogens with one attached hydrogen (secondary N) is 2. The Kier molecular flexibility index (Phi) is 5.00. The predicted octanol–water partition coefficient (Wildman–Crippen LogP) is 0.416. The van der Waals surface area contributed by atoms with Gasteiger partial charge in [0.2, 0.25) is 0 Å². The monoisotopic (exact) mass is 211 g/mol. The third-order valence-electron chi connectivity index (χ3n) is 1.84. The summed E-state index contributed by atoms with van der Waals surface area (Å²) in [7, 11) is 0. The zero-order chi connectivity index (χ0) is 11.1.